The van der Waals surface area contributed by atoms with Gasteiger partial charge in [0.15, 0.2) is 0 Å². The molecule has 2 heterocycles. The molecule has 0 saturated heterocycles. The highest BCUT2D eigenvalue weighted by Gasteiger charge is 2.17. The Morgan fingerprint density at radius 2 is 2.55 bits per heavy atom. The highest BCUT2D eigenvalue weighted by molar-refractivity contribution is 14.1. The van der Waals surface area contributed by atoms with Gasteiger partial charge < -0.3 is 0 Å². The Morgan fingerprint density at radius 1 is 1.73 bits per heavy atom. The number of aromatic nitrogens is 2. The first-order chi connectivity index (χ1) is 5.27. The zero-order valence-electron chi connectivity index (χ0n) is 6.55. The summed E-state index contributed by atoms with van der Waals surface area (Å²) in [5, 5.41) is 4.30. The van der Waals surface area contributed by atoms with E-state index in [2.05, 4.69) is 39.3 Å². The van der Waals surface area contributed by atoms with Crippen LogP contribution in [0.2, 0.25) is 0 Å². The standard InChI is InChI=1S/C8H11IN2/c1-6-2-3-11-8(4-6)7(9)5-10-11/h5-6H,2-4H2,1H3. The molecule has 0 saturated carbocycles. The lowest BCUT2D eigenvalue weighted by Gasteiger charge is -2.19. The molecule has 2 rings (SSSR count). The highest BCUT2D eigenvalue weighted by Crippen LogP contribution is 2.22. The molecular formula is C8H11IN2. The third-order valence-electron chi connectivity index (χ3n) is 2.27. The van der Waals surface area contributed by atoms with Crippen molar-refractivity contribution in [2.24, 2.45) is 5.92 Å². The minimum Gasteiger partial charge on any atom is -0.268 e. The minimum absolute atomic E-state index is 0.840. The van der Waals surface area contributed by atoms with Gasteiger partial charge in [-0.05, 0) is 41.4 Å². The number of rotatable bonds is 0. The summed E-state index contributed by atoms with van der Waals surface area (Å²) in [4.78, 5) is 0. The minimum atomic E-state index is 0.840. The maximum atomic E-state index is 4.30. The van der Waals surface area contributed by atoms with Crippen LogP contribution in [0.1, 0.15) is 19.0 Å². The van der Waals surface area contributed by atoms with Gasteiger partial charge in [0.05, 0.1) is 15.5 Å². The van der Waals surface area contributed by atoms with Gasteiger partial charge in [0.2, 0.25) is 0 Å². The van der Waals surface area contributed by atoms with E-state index in [9.17, 15) is 0 Å². The topological polar surface area (TPSA) is 17.8 Å². The van der Waals surface area contributed by atoms with Crippen molar-refractivity contribution in [3.8, 4) is 0 Å². The van der Waals surface area contributed by atoms with E-state index in [1.807, 2.05) is 6.20 Å². The van der Waals surface area contributed by atoms with Gasteiger partial charge in [-0.3, -0.25) is 4.68 Å². The molecule has 3 heteroatoms. The zero-order valence-corrected chi connectivity index (χ0v) is 8.71. The number of hydrogen-bond acceptors (Lipinski definition) is 1. The van der Waals surface area contributed by atoms with E-state index in [1.165, 1.54) is 22.1 Å². The molecule has 0 fully saturated rings. The Hall–Kier alpha value is -0.0600. The van der Waals surface area contributed by atoms with Gasteiger partial charge in [0.1, 0.15) is 0 Å². The lowest BCUT2D eigenvalue weighted by molar-refractivity contribution is 0.390. The summed E-state index contributed by atoms with van der Waals surface area (Å²) >= 11 is 2.37. The molecule has 1 aromatic rings. The zero-order chi connectivity index (χ0) is 7.84. The predicted octanol–water partition coefficient (Wildman–Crippen LogP) is 2.07. The average Bonchev–Trinajstić information content (AvgIpc) is 2.33. The fourth-order valence-electron chi connectivity index (χ4n) is 1.56. The molecule has 1 aliphatic rings. The molecule has 1 atom stereocenters. The van der Waals surface area contributed by atoms with Crippen LogP contribution in [0.3, 0.4) is 0 Å². The molecule has 2 nitrogen and oxygen atoms in total. The van der Waals surface area contributed by atoms with Gasteiger partial charge in [-0.2, -0.15) is 5.10 Å². The lowest BCUT2D eigenvalue weighted by Crippen LogP contribution is -2.18. The van der Waals surface area contributed by atoms with E-state index in [4.69, 9.17) is 0 Å². The molecule has 0 spiro atoms. The van der Waals surface area contributed by atoms with Crippen LogP contribution < -0.4 is 0 Å². The van der Waals surface area contributed by atoms with Gasteiger partial charge in [0, 0.05) is 6.54 Å². The number of halogens is 1. The summed E-state index contributed by atoms with van der Waals surface area (Å²) in [6.07, 6.45) is 4.46. The van der Waals surface area contributed by atoms with Crippen LogP contribution in [0, 0.1) is 9.49 Å². The summed E-state index contributed by atoms with van der Waals surface area (Å²) in [6, 6.07) is 0. The largest absolute Gasteiger partial charge is 0.268 e. The second-order valence-electron chi connectivity index (χ2n) is 3.26. The molecule has 0 amide bonds. The second kappa shape index (κ2) is 2.77. The van der Waals surface area contributed by atoms with Gasteiger partial charge in [-0.25, -0.2) is 0 Å². The Kier molecular flexibility index (Phi) is 1.91. The van der Waals surface area contributed by atoms with Crippen LogP contribution in [0.15, 0.2) is 6.20 Å². The van der Waals surface area contributed by atoms with Gasteiger partial charge >= 0.3 is 0 Å². The third kappa shape index (κ3) is 1.30. The Balaban J connectivity index is 2.37. The first-order valence-electron chi connectivity index (χ1n) is 3.97. The third-order valence-corrected chi connectivity index (χ3v) is 3.17. The molecular weight excluding hydrogens is 251 g/mol. The molecule has 0 aliphatic carbocycles. The molecule has 0 bridgehead atoms. The van der Waals surface area contributed by atoms with Gasteiger partial charge in [0.25, 0.3) is 0 Å². The van der Waals surface area contributed by atoms with Crippen LogP contribution >= 0.6 is 22.6 Å². The van der Waals surface area contributed by atoms with Gasteiger partial charge in [-0.15, -0.1) is 0 Å². The van der Waals surface area contributed by atoms with E-state index in [0.29, 0.717) is 0 Å². The summed E-state index contributed by atoms with van der Waals surface area (Å²) in [5.74, 6) is 0.840. The molecule has 60 valence electrons. The summed E-state index contributed by atoms with van der Waals surface area (Å²) in [7, 11) is 0. The highest BCUT2D eigenvalue weighted by atomic mass is 127. The molecule has 1 aromatic heterocycles. The number of hydrogen-bond donors (Lipinski definition) is 0. The van der Waals surface area contributed by atoms with Crippen LogP contribution in [0.25, 0.3) is 0 Å². The van der Waals surface area contributed by atoms with Crippen molar-refractivity contribution in [1.82, 2.24) is 9.78 Å². The maximum absolute atomic E-state index is 4.30. The summed E-state index contributed by atoms with van der Waals surface area (Å²) in [5.41, 5.74) is 1.43. The van der Waals surface area contributed by atoms with E-state index >= 15 is 0 Å². The van der Waals surface area contributed by atoms with Crippen molar-refractivity contribution < 1.29 is 0 Å². The quantitative estimate of drug-likeness (QED) is 0.654. The fraction of sp³-hybridized carbons (Fsp3) is 0.625. The van der Waals surface area contributed by atoms with E-state index in [1.54, 1.807) is 0 Å². The first-order valence-corrected chi connectivity index (χ1v) is 5.05. The molecule has 11 heavy (non-hydrogen) atoms. The molecule has 1 aliphatic heterocycles. The normalized spacial score (nSPS) is 23.3. The van der Waals surface area contributed by atoms with Crippen LogP contribution in [0.4, 0.5) is 0 Å². The monoisotopic (exact) mass is 262 g/mol. The van der Waals surface area contributed by atoms with Crippen molar-refractivity contribution >= 4 is 22.6 Å². The van der Waals surface area contributed by atoms with Crippen LogP contribution in [-0.4, -0.2) is 9.78 Å². The maximum Gasteiger partial charge on any atom is 0.0626 e. The smallest absolute Gasteiger partial charge is 0.0626 e. The molecule has 0 radical (unpaired) electrons. The fourth-order valence-corrected chi connectivity index (χ4v) is 2.18. The van der Waals surface area contributed by atoms with Crippen molar-refractivity contribution in [3.63, 3.8) is 0 Å². The summed E-state index contributed by atoms with van der Waals surface area (Å²) in [6.45, 7) is 3.42. The Bertz CT molecular complexity index is 267. The van der Waals surface area contributed by atoms with Crippen LogP contribution in [-0.2, 0) is 13.0 Å². The molecule has 0 aromatic carbocycles. The van der Waals surface area contributed by atoms with E-state index in [0.717, 1.165) is 12.5 Å². The SMILES string of the molecule is CC1CCn2ncc(I)c2C1. The average molecular weight is 262 g/mol. The number of nitrogens with zero attached hydrogens (tertiary/aromatic N) is 2. The van der Waals surface area contributed by atoms with Crippen molar-refractivity contribution in [1.29, 1.82) is 0 Å². The van der Waals surface area contributed by atoms with Crippen molar-refractivity contribution in [2.75, 3.05) is 0 Å². The Labute approximate surface area is 80.1 Å². The number of aryl methyl sites for hydroxylation is 1. The first kappa shape index (κ1) is 7.58. The van der Waals surface area contributed by atoms with Crippen molar-refractivity contribution in [3.05, 3.63) is 15.5 Å². The lowest BCUT2D eigenvalue weighted by atomic mass is 9.99. The molecule has 0 N–H and O–H groups in total. The summed E-state index contributed by atoms with van der Waals surface area (Å²) < 4.78 is 3.47. The van der Waals surface area contributed by atoms with E-state index in [-0.39, 0.29) is 0 Å². The van der Waals surface area contributed by atoms with Crippen molar-refractivity contribution in [2.45, 2.75) is 26.3 Å². The second-order valence-corrected chi connectivity index (χ2v) is 4.42. The predicted molar refractivity (Wildman–Crippen MR) is 52.4 cm³/mol. The van der Waals surface area contributed by atoms with Gasteiger partial charge in [-0.1, -0.05) is 6.92 Å². The van der Waals surface area contributed by atoms with E-state index < -0.39 is 0 Å². The number of fused-ring (bicyclic) bond motifs is 1. The molecule has 1 unspecified atom stereocenters. The Morgan fingerprint density at radius 3 is 3.36 bits per heavy atom. The van der Waals surface area contributed by atoms with Crippen LogP contribution in [0.5, 0.6) is 0 Å².